The lowest BCUT2D eigenvalue weighted by atomic mass is 10.0. The highest BCUT2D eigenvalue weighted by molar-refractivity contribution is 5.87. The van der Waals surface area contributed by atoms with Crippen LogP contribution < -0.4 is 10.1 Å². The van der Waals surface area contributed by atoms with Gasteiger partial charge in [0.15, 0.2) is 0 Å². The molecule has 0 spiro atoms. The molecule has 1 unspecified atom stereocenters. The SMILES string of the molecule is CCCCCCOc1ccc2ccccc2c1CNC(CC)c1ccccc1. The molecule has 2 heteroatoms. The maximum absolute atomic E-state index is 6.22. The third-order valence-corrected chi connectivity index (χ3v) is 5.39. The maximum Gasteiger partial charge on any atom is 0.124 e. The molecule has 0 aliphatic carbocycles. The molecule has 0 aromatic heterocycles. The van der Waals surface area contributed by atoms with E-state index in [1.54, 1.807) is 0 Å². The molecule has 0 amide bonds. The molecule has 28 heavy (non-hydrogen) atoms. The van der Waals surface area contributed by atoms with Crippen LogP contribution in [0.1, 0.15) is 63.1 Å². The fourth-order valence-electron chi connectivity index (χ4n) is 3.75. The van der Waals surface area contributed by atoms with Gasteiger partial charge in [-0.05, 0) is 35.2 Å². The van der Waals surface area contributed by atoms with Gasteiger partial charge in [-0.25, -0.2) is 0 Å². The van der Waals surface area contributed by atoms with Crippen LogP contribution in [0.25, 0.3) is 10.8 Å². The van der Waals surface area contributed by atoms with Gasteiger partial charge in [-0.15, -0.1) is 0 Å². The molecule has 148 valence electrons. The second-order valence-electron chi connectivity index (χ2n) is 7.42. The van der Waals surface area contributed by atoms with E-state index in [2.05, 4.69) is 85.9 Å². The summed E-state index contributed by atoms with van der Waals surface area (Å²) in [5, 5.41) is 6.32. The summed E-state index contributed by atoms with van der Waals surface area (Å²) in [7, 11) is 0. The van der Waals surface area contributed by atoms with Crippen LogP contribution >= 0.6 is 0 Å². The van der Waals surface area contributed by atoms with E-state index in [0.29, 0.717) is 6.04 Å². The Balaban J connectivity index is 1.77. The summed E-state index contributed by atoms with van der Waals surface area (Å²) in [6.45, 7) is 6.07. The van der Waals surface area contributed by atoms with E-state index in [1.165, 1.54) is 41.2 Å². The Kier molecular flexibility index (Phi) is 7.93. The molecule has 0 saturated carbocycles. The summed E-state index contributed by atoms with van der Waals surface area (Å²) in [4.78, 5) is 0. The van der Waals surface area contributed by atoms with Gasteiger partial charge in [0, 0.05) is 18.2 Å². The molecule has 0 bridgehead atoms. The molecule has 3 aromatic carbocycles. The average molecular weight is 376 g/mol. The molecule has 0 radical (unpaired) electrons. The Labute approximate surface area is 169 Å². The molecule has 0 aliphatic heterocycles. The Bertz CT molecular complexity index is 843. The predicted octanol–water partition coefficient (Wildman–Crippen LogP) is 7.04. The van der Waals surface area contributed by atoms with Crippen LogP contribution in [0.3, 0.4) is 0 Å². The lowest BCUT2D eigenvalue weighted by molar-refractivity contribution is 0.301. The van der Waals surface area contributed by atoms with Crippen LogP contribution in [0.5, 0.6) is 5.75 Å². The third-order valence-electron chi connectivity index (χ3n) is 5.39. The molecule has 2 nitrogen and oxygen atoms in total. The van der Waals surface area contributed by atoms with Gasteiger partial charge in [-0.2, -0.15) is 0 Å². The number of hydrogen-bond donors (Lipinski definition) is 1. The molecule has 0 fully saturated rings. The topological polar surface area (TPSA) is 21.3 Å². The monoisotopic (exact) mass is 375 g/mol. The minimum absolute atomic E-state index is 0.345. The lowest BCUT2D eigenvalue weighted by Crippen LogP contribution is -2.21. The van der Waals surface area contributed by atoms with Crippen molar-refractivity contribution in [2.24, 2.45) is 0 Å². The first-order valence-electron chi connectivity index (χ1n) is 10.7. The maximum atomic E-state index is 6.22. The molecular formula is C26H33NO. The van der Waals surface area contributed by atoms with Gasteiger partial charge in [0.25, 0.3) is 0 Å². The van der Waals surface area contributed by atoms with Crippen molar-refractivity contribution in [1.29, 1.82) is 0 Å². The first-order chi connectivity index (χ1) is 13.8. The van der Waals surface area contributed by atoms with Gasteiger partial charge in [0.05, 0.1) is 6.61 Å². The van der Waals surface area contributed by atoms with Crippen molar-refractivity contribution in [3.8, 4) is 5.75 Å². The van der Waals surface area contributed by atoms with E-state index in [-0.39, 0.29) is 0 Å². The Hall–Kier alpha value is -2.32. The Morgan fingerprint density at radius 1 is 0.821 bits per heavy atom. The summed E-state index contributed by atoms with van der Waals surface area (Å²) in [6, 6.07) is 24.0. The zero-order valence-corrected chi connectivity index (χ0v) is 17.3. The molecule has 3 rings (SSSR count). The number of fused-ring (bicyclic) bond motifs is 1. The fourth-order valence-corrected chi connectivity index (χ4v) is 3.75. The van der Waals surface area contributed by atoms with Gasteiger partial charge >= 0.3 is 0 Å². The lowest BCUT2D eigenvalue weighted by Gasteiger charge is -2.20. The summed E-state index contributed by atoms with van der Waals surface area (Å²) in [6.07, 6.45) is 5.95. The number of benzene rings is 3. The van der Waals surface area contributed by atoms with E-state index >= 15 is 0 Å². The highest BCUT2D eigenvalue weighted by atomic mass is 16.5. The molecule has 1 atom stereocenters. The van der Waals surface area contributed by atoms with E-state index in [0.717, 1.165) is 31.7 Å². The van der Waals surface area contributed by atoms with E-state index in [9.17, 15) is 0 Å². The van der Waals surface area contributed by atoms with Crippen molar-refractivity contribution in [3.63, 3.8) is 0 Å². The van der Waals surface area contributed by atoms with Crippen molar-refractivity contribution >= 4 is 10.8 Å². The van der Waals surface area contributed by atoms with Crippen molar-refractivity contribution in [3.05, 3.63) is 77.9 Å². The molecular weight excluding hydrogens is 342 g/mol. The van der Waals surface area contributed by atoms with Gasteiger partial charge in [0.1, 0.15) is 5.75 Å². The summed E-state index contributed by atoms with van der Waals surface area (Å²) >= 11 is 0. The minimum atomic E-state index is 0.345. The molecule has 0 saturated heterocycles. The normalized spacial score (nSPS) is 12.2. The highest BCUT2D eigenvalue weighted by Gasteiger charge is 2.13. The first kappa shape index (κ1) is 20.4. The Morgan fingerprint density at radius 3 is 2.39 bits per heavy atom. The van der Waals surface area contributed by atoms with Gasteiger partial charge in [-0.1, -0.05) is 93.8 Å². The summed E-state index contributed by atoms with van der Waals surface area (Å²) < 4.78 is 6.22. The van der Waals surface area contributed by atoms with E-state index in [4.69, 9.17) is 4.74 Å². The predicted molar refractivity (Wildman–Crippen MR) is 120 cm³/mol. The number of rotatable bonds is 11. The van der Waals surface area contributed by atoms with Crippen LogP contribution in [0.2, 0.25) is 0 Å². The van der Waals surface area contributed by atoms with Gasteiger partial charge < -0.3 is 10.1 Å². The van der Waals surface area contributed by atoms with Gasteiger partial charge in [-0.3, -0.25) is 0 Å². The molecule has 3 aromatic rings. The number of unbranched alkanes of at least 4 members (excludes halogenated alkanes) is 3. The average Bonchev–Trinajstić information content (AvgIpc) is 2.75. The van der Waals surface area contributed by atoms with Gasteiger partial charge in [0.2, 0.25) is 0 Å². The zero-order valence-electron chi connectivity index (χ0n) is 17.3. The molecule has 0 heterocycles. The van der Waals surface area contributed by atoms with Crippen molar-refractivity contribution < 1.29 is 4.74 Å². The summed E-state index contributed by atoms with van der Waals surface area (Å²) in [5.74, 6) is 1.02. The number of ether oxygens (including phenoxy) is 1. The second-order valence-corrected chi connectivity index (χ2v) is 7.42. The molecule has 1 N–H and O–H groups in total. The van der Waals surface area contributed by atoms with Crippen LogP contribution in [0.4, 0.5) is 0 Å². The smallest absolute Gasteiger partial charge is 0.124 e. The Morgan fingerprint density at radius 2 is 1.61 bits per heavy atom. The van der Waals surface area contributed by atoms with E-state index < -0.39 is 0 Å². The van der Waals surface area contributed by atoms with Crippen LogP contribution in [0, 0.1) is 0 Å². The summed E-state index contributed by atoms with van der Waals surface area (Å²) in [5.41, 5.74) is 2.61. The van der Waals surface area contributed by atoms with Crippen molar-refractivity contribution in [2.75, 3.05) is 6.61 Å². The van der Waals surface area contributed by atoms with Crippen LogP contribution in [0.15, 0.2) is 66.7 Å². The number of nitrogens with one attached hydrogen (secondary N) is 1. The van der Waals surface area contributed by atoms with Crippen molar-refractivity contribution in [1.82, 2.24) is 5.32 Å². The first-order valence-corrected chi connectivity index (χ1v) is 10.7. The minimum Gasteiger partial charge on any atom is -0.493 e. The largest absolute Gasteiger partial charge is 0.493 e. The standard InChI is InChI=1S/C26H33NO/c1-3-5-6-12-19-28-26-18-17-21-13-10-11-16-23(21)24(26)20-27-25(4-2)22-14-8-7-9-15-22/h7-11,13-18,25,27H,3-6,12,19-20H2,1-2H3. The quantitative estimate of drug-likeness (QED) is 0.363. The van der Waals surface area contributed by atoms with E-state index in [1.807, 2.05) is 0 Å². The highest BCUT2D eigenvalue weighted by Crippen LogP contribution is 2.29. The zero-order chi connectivity index (χ0) is 19.6. The van der Waals surface area contributed by atoms with Crippen LogP contribution in [-0.2, 0) is 6.54 Å². The third kappa shape index (κ3) is 5.36. The second kappa shape index (κ2) is 10.9. The number of hydrogen-bond acceptors (Lipinski definition) is 2. The molecule has 0 aliphatic rings. The fraction of sp³-hybridized carbons (Fsp3) is 0.385. The van der Waals surface area contributed by atoms with Crippen molar-refractivity contribution in [2.45, 2.75) is 58.5 Å². The van der Waals surface area contributed by atoms with Crippen LogP contribution in [-0.4, -0.2) is 6.61 Å².